The Kier molecular flexibility index (Phi) is 6.83. The van der Waals surface area contributed by atoms with Crippen molar-refractivity contribution in [1.29, 1.82) is 0 Å². The first-order chi connectivity index (χ1) is 12.4. The first-order valence-corrected chi connectivity index (χ1v) is 8.41. The van der Waals surface area contributed by atoms with Gasteiger partial charge in [0.1, 0.15) is 11.6 Å². The fourth-order valence-corrected chi connectivity index (χ4v) is 2.52. The molecule has 0 aliphatic heterocycles. The van der Waals surface area contributed by atoms with Gasteiger partial charge in [0.15, 0.2) is 6.10 Å². The number of carbonyl (C=O) groups is 2. The lowest BCUT2D eigenvalue weighted by molar-refractivity contribution is -0.129. The highest BCUT2D eigenvalue weighted by Gasteiger charge is 2.22. The molecule has 2 aromatic carbocycles. The molecule has 0 unspecified atom stereocenters. The van der Waals surface area contributed by atoms with Crippen LogP contribution in [-0.4, -0.2) is 24.5 Å². The summed E-state index contributed by atoms with van der Waals surface area (Å²) in [6, 6.07) is 12.3. The second-order valence-corrected chi connectivity index (χ2v) is 5.93. The predicted molar refractivity (Wildman–Crippen MR) is 93.7 cm³/mol. The normalized spacial score (nSPS) is 12.9. The number of ether oxygens (including phenoxy) is 1. The summed E-state index contributed by atoms with van der Waals surface area (Å²) >= 11 is 0. The molecule has 1 N–H and O–H groups in total. The molecular weight excluding hydrogens is 340 g/mol. The molecule has 2 aromatic rings. The molecule has 0 fully saturated rings. The first kappa shape index (κ1) is 19.6. The Bertz CT molecular complexity index is 765. The van der Waals surface area contributed by atoms with Gasteiger partial charge >= 0.3 is 5.97 Å². The lowest BCUT2D eigenvalue weighted by atomic mass is 9.96. The minimum atomic E-state index is -1.10. The van der Waals surface area contributed by atoms with Gasteiger partial charge in [-0.25, -0.2) is 13.6 Å². The fourth-order valence-electron chi connectivity index (χ4n) is 2.52. The molecule has 0 heterocycles. The van der Waals surface area contributed by atoms with E-state index in [0.29, 0.717) is 12.6 Å². The van der Waals surface area contributed by atoms with Crippen LogP contribution in [-0.2, 0) is 9.53 Å². The first-order valence-electron chi connectivity index (χ1n) is 8.41. The van der Waals surface area contributed by atoms with Crippen molar-refractivity contribution in [2.24, 2.45) is 0 Å². The van der Waals surface area contributed by atoms with Crippen LogP contribution in [0.5, 0.6) is 0 Å². The quantitative estimate of drug-likeness (QED) is 0.763. The zero-order valence-corrected chi connectivity index (χ0v) is 14.7. The molecule has 2 atom stereocenters. The average Bonchev–Trinajstić information content (AvgIpc) is 2.62. The van der Waals surface area contributed by atoms with Crippen LogP contribution in [0.25, 0.3) is 0 Å². The molecule has 2 rings (SSSR count). The summed E-state index contributed by atoms with van der Waals surface area (Å²) in [7, 11) is 0. The molecule has 0 saturated heterocycles. The molecule has 138 valence electrons. The Hall–Kier alpha value is -2.76. The van der Waals surface area contributed by atoms with Gasteiger partial charge in [-0.3, -0.25) is 4.79 Å². The Morgan fingerprint density at radius 1 is 1.12 bits per heavy atom. The minimum Gasteiger partial charge on any atom is -0.449 e. The molecule has 4 nitrogen and oxygen atoms in total. The van der Waals surface area contributed by atoms with Crippen molar-refractivity contribution in [3.8, 4) is 0 Å². The van der Waals surface area contributed by atoms with Crippen molar-refractivity contribution < 1.29 is 23.1 Å². The maximum Gasteiger partial charge on any atom is 0.341 e. The van der Waals surface area contributed by atoms with Crippen LogP contribution in [0.1, 0.15) is 42.1 Å². The van der Waals surface area contributed by atoms with Gasteiger partial charge < -0.3 is 10.1 Å². The number of benzene rings is 2. The van der Waals surface area contributed by atoms with Crippen LogP contribution >= 0.6 is 0 Å². The Morgan fingerprint density at radius 2 is 1.81 bits per heavy atom. The monoisotopic (exact) mass is 361 g/mol. The van der Waals surface area contributed by atoms with Gasteiger partial charge in [-0.05, 0) is 31.0 Å². The van der Waals surface area contributed by atoms with Crippen LogP contribution in [0.15, 0.2) is 48.5 Å². The maximum absolute atomic E-state index is 13.6. The molecule has 0 aliphatic carbocycles. The van der Waals surface area contributed by atoms with Gasteiger partial charge in [-0.2, -0.15) is 0 Å². The lowest BCUT2D eigenvalue weighted by Crippen LogP contribution is -2.38. The molecule has 26 heavy (non-hydrogen) atoms. The van der Waals surface area contributed by atoms with Crippen LogP contribution in [0.2, 0.25) is 0 Å². The van der Waals surface area contributed by atoms with Gasteiger partial charge in [0, 0.05) is 18.5 Å². The minimum absolute atomic E-state index is 0.137. The third kappa shape index (κ3) is 5.12. The van der Waals surface area contributed by atoms with E-state index in [1.165, 1.54) is 6.92 Å². The smallest absolute Gasteiger partial charge is 0.341 e. The highest BCUT2D eigenvalue weighted by Crippen LogP contribution is 2.18. The van der Waals surface area contributed by atoms with E-state index in [1.807, 2.05) is 37.3 Å². The number of nitrogens with one attached hydrogen (secondary N) is 1. The fraction of sp³-hybridized carbons (Fsp3) is 0.300. The van der Waals surface area contributed by atoms with Crippen molar-refractivity contribution in [2.45, 2.75) is 32.3 Å². The van der Waals surface area contributed by atoms with E-state index >= 15 is 0 Å². The van der Waals surface area contributed by atoms with Crippen LogP contribution in [0.4, 0.5) is 8.78 Å². The van der Waals surface area contributed by atoms with E-state index in [2.05, 4.69) is 5.32 Å². The van der Waals surface area contributed by atoms with E-state index in [9.17, 15) is 18.4 Å². The van der Waals surface area contributed by atoms with Crippen molar-refractivity contribution in [3.63, 3.8) is 0 Å². The molecule has 6 heteroatoms. The number of hydrogen-bond acceptors (Lipinski definition) is 3. The van der Waals surface area contributed by atoms with E-state index in [4.69, 9.17) is 4.74 Å². The summed E-state index contributed by atoms with van der Waals surface area (Å²) in [4.78, 5) is 24.1. The molecule has 0 radical (unpaired) electrons. The van der Waals surface area contributed by atoms with E-state index in [0.717, 1.165) is 24.1 Å². The Balaban J connectivity index is 1.91. The zero-order chi connectivity index (χ0) is 19.1. The highest BCUT2D eigenvalue weighted by molar-refractivity contribution is 5.92. The summed E-state index contributed by atoms with van der Waals surface area (Å²) < 4.78 is 31.5. The second-order valence-electron chi connectivity index (χ2n) is 5.93. The van der Waals surface area contributed by atoms with Crippen LogP contribution in [0.3, 0.4) is 0 Å². The van der Waals surface area contributed by atoms with Gasteiger partial charge in [0.2, 0.25) is 0 Å². The molecular formula is C20H21F2NO3. The summed E-state index contributed by atoms with van der Waals surface area (Å²) in [5.41, 5.74) is 0.690. The number of hydrogen-bond donors (Lipinski definition) is 1. The molecule has 0 aromatic heterocycles. The van der Waals surface area contributed by atoms with Gasteiger partial charge in [-0.15, -0.1) is 0 Å². The predicted octanol–water partition coefficient (Wildman–Crippen LogP) is 3.82. The molecule has 0 spiro atoms. The number of rotatable bonds is 7. The molecule has 0 saturated carbocycles. The summed E-state index contributed by atoms with van der Waals surface area (Å²) in [5, 5.41) is 2.74. The van der Waals surface area contributed by atoms with E-state index in [-0.39, 0.29) is 5.92 Å². The summed E-state index contributed by atoms with van der Waals surface area (Å²) in [6.45, 7) is 3.81. The lowest BCUT2D eigenvalue weighted by Gasteiger charge is -2.18. The third-order valence-electron chi connectivity index (χ3n) is 4.09. The maximum atomic E-state index is 13.6. The van der Waals surface area contributed by atoms with Gasteiger partial charge in [0.05, 0.1) is 5.56 Å². The number of carbonyl (C=O) groups excluding carboxylic acids is 2. The largest absolute Gasteiger partial charge is 0.449 e. The third-order valence-corrected chi connectivity index (χ3v) is 4.09. The van der Waals surface area contributed by atoms with Gasteiger partial charge in [-0.1, -0.05) is 37.3 Å². The van der Waals surface area contributed by atoms with Crippen LogP contribution < -0.4 is 5.32 Å². The standard InChI is InChI=1S/C20H21F2NO3/c1-3-14(15-7-5-4-6-8-15)12-23-19(24)13(2)26-20(25)17-10-9-16(21)11-18(17)22/h4-11,13-14H,3,12H2,1-2H3,(H,23,24)/t13-,14-/m1/s1. The zero-order valence-electron chi connectivity index (χ0n) is 14.7. The summed E-state index contributed by atoms with van der Waals surface area (Å²) in [5.74, 6) is -3.18. The second kappa shape index (κ2) is 9.08. The van der Waals surface area contributed by atoms with Gasteiger partial charge in [0.25, 0.3) is 5.91 Å². The number of halogens is 2. The molecule has 0 aliphatic rings. The number of amides is 1. The highest BCUT2D eigenvalue weighted by atomic mass is 19.1. The molecule has 1 amide bonds. The summed E-state index contributed by atoms with van der Waals surface area (Å²) in [6.07, 6.45) is -0.264. The average molecular weight is 361 g/mol. The number of esters is 1. The Labute approximate surface area is 151 Å². The van der Waals surface area contributed by atoms with Crippen molar-refractivity contribution in [1.82, 2.24) is 5.32 Å². The van der Waals surface area contributed by atoms with E-state index in [1.54, 1.807) is 0 Å². The van der Waals surface area contributed by atoms with Crippen LogP contribution in [0, 0.1) is 11.6 Å². The van der Waals surface area contributed by atoms with Crippen molar-refractivity contribution in [2.75, 3.05) is 6.54 Å². The SMILES string of the molecule is CC[C@H](CNC(=O)[C@@H](C)OC(=O)c1ccc(F)cc1F)c1ccccc1. The topological polar surface area (TPSA) is 55.4 Å². The van der Waals surface area contributed by atoms with Crippen molar-refractivity contribution >= 4 is 11.9 Å². The van der Waals surface area contributed by atoms with E-state index < -0.39 is 35.2 Å². The Morgan fingerprint density at radius 3 is 2.42 bits per heavy atom. The molecule has 0 bridgehead atoms. The van der Waals surface area contributed by atoms with Crippen molar-refractivity contribution in [3.05, 3.63) is 71.3 Å².